The molecule has 0 bridgehead atoms. The highest BCUT2D eigenvalue weighted by molar-refractivity contribution is 5.86. The van der Waals surface area contributed by atoms with Gasteiger partial charge in [-0.2, -0.15) is 0 Å². The first kappa shape index (κ1) is 30.5. The van der Waals surface area contributed by atoms with E-state index < -0.39 is 0 Å². The molecule has 1 heterocycles. The largest absolute Gasteiger partial charge is 0.464 e. The Morgan fingerprint density at radius 3 is 2.30 bits per heavy atom. The summed E-state index contributed by atoms with van der Waals surface area (Å²) >= 11 is 0. The monoisotopic (exact) mass is 600 g/mol. The summed E-state index contributed by atoms with van der Waals surface area (Å²) in [6.07, 6.45) is 20.8. The van der Waals surface area contributed by atoms with Crippen LogP contribution in [-0.4, -0.2) is 7.05 Å². The smallest absolute Gasteiger partial charge is 0.142 e. The second-order valence-corrected chi connectivity index (χ2v) is 11.4. The Morgan fingerprint density at radius 2 is 1.54 bits per heavy atom. The van der Waals surface area contributed by atoms with E-state index in [2.05, 4.69) is 152 Å². The minimum atomic E-state index is 0.816. The zero-order valence-corrected chi connectivity index (χ0v) is 26.8. The molecule has 1 N–H and O–H groups in total. The number of anilines is 2. The summed E-state index contributed by atoms with van der Waals surface area (Å²) in [5, 5.41) is 3.43. The standard InChI is InChI=1S/C43H40N2O/c1-5-35(27-22-33-14-6-7-15-39(33)41-16-8-9-19-42(41)44-4)45(36-25-20-31(2)21-26-36)37-28-23-34(24-29-37)40-18-12-17-38-32(3)13-10-11-30-46-43(38)40/h5-8,10-18,20-30,44H,3,9,19H2,1-2,4H3/b13-10-,27-22-,30-11-,35-5+. The van der Waals surface area contributed by atoms with E-state index in [9.17, 15) is 0 Å². The van der Waals surface area contributed by atoms with Crippen molar-refractivity contribution in [3.05, 3.63) is 180 Å². The van der Waals surface area contributed by atoms with Crippen molar-refractivity contribution in [1.82, 2.24) is 5.32 Å². The van der Waals surface area contributed by atoms with Crippen LogP contribution in [0.1, 0.15) is 42.0 Å². The van der Waals surface area contributed by atoms with Crippen molar-refractivity contribution >= 4 is 28.6 Å². The summed E-state index contributed by atoms with van der Waals surface area (Å²) in [4.78, 5) is 2.31. The van der Waals surface area contributed by atoms with E-state index >= 15 is 0 Å². The molecule has 0 radical (unpaired) electrons. The molecule has 3 heteroatoms. The lowest BCUT2D eigenvalue weighted by Gasteiger charge is -2.27. The number of allylic oxidation sites excluding steroid dienone is 10. The van der Waals surface area contributed by atoms with Crippen molar-refractivity contribution in [3.8, 4) is 16.9 Å². The lowest BCUT2D eigenvalue weighted by molar-refractivity contribution is 0.481. The number of ether oxygens (including phenoxy) is 1. The van der Waals surface area contributed by atoms with Gasteiger partial charge in [0.15, 0.2) is 0 Å². The fourth-order valence-electron chi connectivity index (χ4n) is 6.03. The maximum absolute atomic E-state index is 6.11. The zero-order chi connectivity index (χ0) is 31.9. The maximum Gasteiger partial charge on any atom is 0.142 e. The van der Waals surface area contributed by atoms with E-state index in [-0.39, 0.29) is 0 Å². The quantitative estimate of drug-likeness (QED) is 0.204. The van der Waals surface area contributed by atoms with E-state index in [0.29, 0.717) is 0 Å². The van der Waals surface area contributed by atoms with Crippen LogP contribution < -0.4 is 15.0 Å². The van der Waals surface area contributed by atoms with Crippen LogP contribution in [0, 0.1) is 6.92 Å². The van der Waals surface area contributed by atoms with Gasteiger partial charge in [-0.25, -0.2) is 0 Å². The van der Waals surface area contributed by atoms with Crippen molar-refractivity contribution in [1.29, 1.82) is 0 Å². The third-order valence-electron chi connectivity index (χ3n) is 8.47. The number of nitrogens with one attached hydrogen (secondary N) is 1. The minimum absolute atomic E-state index is 0.816. The molecule has 0 amide bonds. The summed E-state index contributed by atoms with van der Waals surface area (Å²) in [6.45, 7) is 8.47. The molecular formula is C43H40N2O. The van der Waals surface area contributed by atoms with Gasteiger partial charge in [0.25, 0.3) is 0 Å². The van der Waals surface area contributed by atoms with Gasteiger partial charge in [-0.3, -0.25) is 0 Å². The van der Waals surface area contributed by atoms with Crippen LogP contribution in [0.2, 0.25) is 0 Å². The van der Waals surface area contributed by atoms with E-state index in [1.54, 1.807) is 6.26 Å². The van der Waals surface area contributed by atoms with Crippen LogP contribution in [0.25, 0.3) is 28.3 Å². The van der Waals surface area contributed by atoms with Crippen LogP contribution in [0.4, 0.5) is 11.4 Å². The van der Waals surface area contributed by atoms with Gasteiger partial charge in [0, 0.05) is 46.5 Å². The van der Waals surface area contributed by atoms with Crippen molar-refractivity contribution in [2.75, 3.05) is 11.9 Å². The number of para-hydroxylation sites is 1. The molecule has 0 fully saturated rings. The Hall–Kier alpha value is -5.54. The van der Waals surface area contributed by atoms with E-state index in [4.69, 9.17) is 4.74 Å². The van der Waals surface area contributed by atoms with Gasteiger partial charge in [0.05, 0.1) is 6.26 Å². The van der Waals surface area contributed by atoms with Gasteiger partial charge >= 0.3 is 0 Å². The Labute approximate surface area is 273 Å². The molecule has 4 aromatic rings. The molecule has 4 aromatic carbocycles. The van der Waals surface area contributed by atoms with Crippen LogP contribution in [0.5, 0.6) is 5.75 Å². The first-order valence-electron chi connectivity index (χ1n) is 15.9. The highest BCUT2D eigenvalue weighted by atomic mass is 16.5. The first-order chi connectivity index (χ1) is 22.6. The average Bonchev–Trinajstić information content (AvgIpc) is 3.09. The van der Waals surface area contributed by atoms with Crippen LogP contribution in [0.15, 0.2) is 158 Å². The van der Waals surface area contributed by atoms with Gasteiger partial charge in [0.2, 0.25) is 0 Å². The minimum Gasteiger partial charge on any atom is -0.464 e. The number of nitrogens with zero attached hydrogens (tertiary/aromatic N) is 1. The average molecular weight is 601 g/mol. The molecule has 1 aliphatic carbocycles. The molecule has 0 saturated heterocycles. The van der Waals surface area contributed by atoms with E-state index in [1.165, 1.54) is 28.0 Å². The van der Waals surface area contributed by atoms with Gasteiger partial charge in [-0.1, -0.05) is 115 Å². The van der Waals surface area contributed by atoms with Crippen molar-refractivity contribution in [3.63, 3.8) is 0 Å². The predicted molar refractivity (Wildman–Crippen MR) is 197 cm³/mol. The Balaban J connectivity index is 1.38. The SMILES string of the molecule is C=C1/C=C\C=C/Oc2c1cccc2-c1ccc(N(C(/C=C\c2ccccc2C2=C(NC)CCC=C2)=C/C)c2ccc(C)cc2)cc1. The lowest BCUT2D eigenvalue weighted by atomic mass is 9.92. The van der Waals surface area contributed by atoms with Gasteiger partial charge in [-0.15, -0.1) is 0 Å². The molecule has 0 spiro atoms. The van der Waals surface area contributed by atoms with Gasteiger partial charge in [0.1, 0.15) is 5.75 Å². The number of hydrogen-bond acceptors (Lipinski definition) is 3. The Kier molecular flexibility index (Phi) is 9.31. The molecule has 0 unspecified atom stereocenters. The molecule has 1 aliphatic heterocycles. The maximum atomic E-state index is 6.11. The number of fused-ring (bicyclic) bond motifs is 1. The normalized spacial score (nSPS) is 16.0. The van der Waals surface area contributed by atoms with E-state index in [0.717, 1.165) is 57.9 Å². The molecule has 0 atom stereocenters. The second kappa shape index (κ2) is 14.0. The summed E-state index contributed by atoms with van der Waals surface area (Å²) in [5.41, 5.74) is 13.5. The molecule has 0 aromatic heterocycles. The first-order valence-corrected chi connectivity index (χ1v) is 15.9. The topological polar surface area (TPSA) is 24.5 Å². The number of hydrogen-bond donors (Lipinski definition) is 1. The highest BCUT2D eigenvalue weighted by Crippen LogP contribution is 2.39. The fourth-order valence-corrected chi connectivity index (χ4v) is 6.03. The molecule has 6 rings (SSSR count). The summed E-state index contributed by atoms with van der Waals surface area (Å²) < 4.78 is 6.11. The number of aryl methyl sites for hydroxylation is 1. The molecule has 2 aliphatic rings. The van der Waals surface area contributed by atoms with Gasteiger partial charge < -0.3 is 15.0 Å². The molecule has 3 nitrogen and oxygen atoms in total. The molecule has 228 valence electrons. The van der Waals surface area contributed by atoms with Crippen LogP contribution >= 0.6 is 0 Å². The number of benzene rings is 4. The molecule has 46 heavy (non-hydrogen) atoms. The third kappa shape index (κ3) is 6.45. The second-order valence-electron chi connectivity index (χ2n) is 11.4. The Morgan fingerprint density at radius 1 is 0.826 bits per heavy atom. The summed E-state index contributed by atoms with van der Waals surface area (Å²) in [6, 6.07) is 32.3. The fraction of sp³-hybridized carbons (Fsp3) is 0.116. The van der Waals surface area contributed by atoms with Crippen molar-refractivity contribution < 1.29 is 4.74 Å². The zero-order valence-electron chi connectivity index (χ0n) is 26.8. The lowest BCUT2D eigenvalue weighted by Crippen LogP contribution is -2.15. The highest BCUT2D eigenvalue weighted by Gasteiger charge is 2.17. The Bertz CT molecular complexity index is 1910. The van der Waals surface area contributed by atoms with Crippen molar-refractivity contribution in [2.24, 2.45) is 0 Å². The summed E-state index contributed by atoms with van der Waals surface area (Å²) in [5.74, 6) is 0.816. The molecular weight excluding hydrogens is 560 g/mol. The van der Waals surface area contributed by atoms with Crippen LogP contribution in [0.3, 0.4) is 0 Å². The van der Waals surface area contributed by atoms with E-state index in [1.807, 2.05) is 25.3 Å². The van der Waals surface area contributed by atoms with Gasteiger partial charge in [-0.05, 0) is 85.4 Å². The molecule has 0 saturated carbocycles. The van der Waals surface area contributed by atoms with Crippen molar-refractivity contribution in [2.45, 2.75) is 26.7 Å². The predicted octanol–water partition coefficient (Wildman–Crippen LogP) is 11.2. The summed E-state index contributed by atoms with van der Waals surface area (Å²) in [7, 11) is 2.02. The number of rotatable bonds is 8. The third-order valence-corrected chi connectivity index (χ3v) is 8.47. The van der Waals surface area contributed by atoms with Crippen LogP contribution in [-0.2, 0) is 0 Å².